The third-order valence-electron chi connectivity index (χ3n) is 3.74. The van der Waals surface area contributed by atoms with E-state index >= 15 is 0 Å². The average molecular weight is 402 g/mol. The lowest BCUT2D eigenvalue weighted by Crippen LogP contribution is -2.12. The molecule has 2 N–H and O–H groups in total. The van der Waals surface area contributed by atoms with Gasteiger partial charge in [-0.2, -0.15) is 0 Å². The maximum atomic E-state index is 12.4. The second kappa shape index (κ2) is 8.79. The number of benzene rings is 2. The molecule has 1 aromatic heterocycles. The Balaban J connectivity index is 1.69. The lowest BCUT2D eigenvalue weighted by molar-refractivity contribution is 0.102. The van der Waals surface area contributed by atoms with E-state index in [0.29, 0.717) is 22.3 Å². The number of thiazole rings is 1. The van der Waals surface area contributed by atoms with E-state index in [0.717, 1.165) is 16.3 Å². The summed E-state index contributed by atoms with van der Waals surface area (Å²) in [7, 11) is 3.19. The number of aromatic nitrogens is 1. The molecule has 8 heteroatoms. The third kappa shape index (κ3) is 4.72. The summed E-state index contributed by atoms with van der Waals surface area (Å²) in [5.74, 6) is 1.08. The number of rotatable bonds is 7. The molecule has 0 spiro atoms. The van der Waals surface area contributed by atoms with Gasteiger partial charge in [-0.1, -0.05) is 0 Å². The fourth-order valence-corrected chi connectivity index (χ4v) is 3.43. The molecule has 0 atom stereocenters. The van der Waals surface area contributed by atoms with Crippen LogP contribution >= 0.6 is 23.1 Å². The fraction of sp³-hybridized carbons (Fsp3) is 0.158. The first-order chi connectivity index (χ1) is 13.1. The predicted octanol–water partition coefficient (Wildman–Crippen LogP) is 4.88. The lowest BCUT2D eigenvalue weighted by Gasteiger charge is -2.10. The highest BCUT2D eigenvalue weighted by molar-refractivity contribution is 7.98. The Kier molecular flexibility index (Phi) is 6.20. The Morgan fingerprint density at radius 2 is 1.89 bits per heavy atom. The van der Waals surface area contributed by atoms with E-state index in [9.17, 15) is 4.79 Å². The first-order valence-corrected chi connectivity index (χ1v) is 10.1. The van der Waals surface area contributed by atoms with Gasteiger partial charge in [-0.25, -0.2) is 4.98 Å². The number of carbonyl (C=O) groups is 1. The summed E-state index contributed by atoms with van der Waals surface area (Å²) >= 11 is 3.00. The second-order valence-corrected chi connectivity index (χ2v) is 7.15. The summed E-state index contributed by atoms with van der Waals surface area (Å²) < 4.78 is 10.6. The maximum absolute atomic E-state index is 12.4. The number of hydrogen-bond donors (Lipinski definition) is 2. The highest BCUT2D eigenvalue weighted by atomic mass is 32.2. The lowest BCUT2D eigenvalue weighted by atomic mass is 10.3. The van der Waals surface area contributed by atoms with Crippen LogP contribution in [0.3, 0.4) is 0 Å². The summed E-state index contributed by atoms with van der Waals surface area (Å²) in [4.78, 5) is 17.9. The van der Waals surface area contributed by atoms with E-state index in [1.807, 2.05) is 42.7 Å². The molecule has 0 saturated carbocycles. The van der Waals surface area contributed by atoms with Crippen molar-refractivity contribution >= 4 is 45.5 Å². The molecule has 140 valence electrons. The molecular weight excluding hydrogens is 382 g/mol. The van der Waals surface area contributed by atoms with Gasteiger partial charge in [-0.3, -0.25) is 4.79 Å². The summed E-state index contributed by atoms with van der Waals surface area (Å²) in [6.07, 6.45) is 2.01. The Labute approximate surface area is 165 Å². The van der Waals surface area contributed by atoms with Gasteiger partial charge in [-0.05, 0) is 42.7 Å². The predicted molar refractivity (Wildman–Crippen MR) is 111 cm³/mol. The molecule has 0 aliphatic heterocycles. The van der Waals surface area contributed by atoms with Crippen molar-refractivity contribution in [2.75, 3.05) is 31.1 Å². The van der Waals surface area contributed by atoms with Crippen LogP contribution in [0.2, 0.25) is 0 Å². The largest absolute Gasteiger partial charge is 0.497 e. The molecule has 0 radical (unpaired) electrons. The van der Waals surface area contributed by atoms with Crippen LogP contribution in [0.4, 0.5) is 16.5 Å². The summed E-state index contributed by atoms with van der Waals surface area (Å²) in [6, 6.07) is 13.1. The van der Waals surface area contributed by atoms with E-state index in [1.54, 1.807) is 37.4 Å². The highest BCUT2D eigenvalue weighted by Gasteiger charge is 2.13. The van der Waals surface area contributed by atoms with E-state index in [2.05, 4.69) is 15.6 Å². The first kappa shape index (κ1) is 19.1. The zero-order valence-corrected chi connectivity index (χ0v) is 16.7. The van der Waals surface area contributed by atoms with Gasteiger partial charge in [0.25, 0.3) is 5.91 Å². The van der Waals surface area contributed by atoms with Gasteiger partial charge in [0, 0.05) is 22.0 Å². The quantitative estimate of drug-likeness (QED) is 0.550. The van der Waals surface area contributed by atoms with E-state index in [-0.39, 0.29) is 5.91 Å². The van der Waals surface area contributed by atoms with Gasteiger partial charge in [0.05, 0.1) is 19.9 Å². The average Bonchev–Trinajstić information content (AvgIpc) is 3.17. The number of amides is 1. The highest BCUT2D eigenvalue weighted by Crippen LogP contribution is 2.32. The Morgan fingerprint density at radius 1 is 1.11 bits per heavy atom. The number of hydrogen-bond acceptors (Lipinski definition) is 7. The molecule has 2 aromatic carbocycles. The van der Waals surface area contributed by atoms with Gasteiger partial charge in [0.1, 0.15) is 17.2 Å². The SMILES string of the molecule is COc1ccc(Nc2nc(C(=O)Nc3ccc(SC)cc3)cs2)c(OC)c1. The molecule has 1 heterocycles. The molecule has 0 unspecified atom stereocenters. The molecule has 6 nitrogen and oxygen atoms in total. The van der Waals surface area contributed by atoms with E-state index in [4.69, 9.17) is 9.47 Å². The Bertz CT molecular complexity index is 926. The molecule has 0 aliphatic carbocycles. The summed E-state index contributed by atoms with van der Waals surface area (Å²) in [5.41, 5.74) is 1.83. The number of nitrogens with zero attached hydrogens (tertiary/aromatic N) is 1. The van der Waals surface area contributed by atoms with Gasteiger partial charge in [-0.15, -0.1) is 23.1 Å². The van der Waals surface area contributed by atoms with Crippen LogP contribution in [0, 0.1) is 0 Å². The van der Waals surface area contributed by atoms with Crippen molar-refractivity contribution in [3.05, 3.63) is 53.5 Å². The van der Waals surface area contributed by atoms with Crippen LogP contribution in [0.15, 0.2) is 52.7 Å². The van der Waals surface area contributed by atoms with Crippen LogP contribution in [0.1, 0.15) is 10.5 Å². The fourth-order valence-electron chi connectivity index (χ4n) is 2.32. The Hall–Kier alpha value is -2.71. The van der Waals surface area contributed by atoms with Crippen molar-refractivity contribution in [2.45, 2.75) is 4.90 Å². The van der Waals surface area contributed by atoms with E-state index < -0.39 is 0 Å². The standard InChI is InChI=1S/C19H19N3O3S2/c1-24-13-6-9-15(17(10-13)25-2)21-19-22-16(11-27-19)18(23)20-12-4-7-14(26-3)8-5-12/h4-11H,1-3H3,(H,20,23)(H,21,22). The van der Waals surface area contributed by atoms with Crippen molar-refractivity contribution in [2.24, 2.45) is 0 Å². The topological polar surface area (TPSA) is 72.5 Å². The van der Waals surface area contributed by atoms with E-state index in [1.165, 1.54) is 11.3 Å². The molecular formula is C19H19N3O3S2. The molecule has 0 bridgehead atoms. The molecule has 0 aliphatic rings. The minimum Gasteiger partial charge on any atom is -0.497 e. The molecule has 0 saturated heterocycles. The first-order valence-electron chi connectivity index (χ1n) is 8.03. The summed E-state index contributed by atoms with van der Waals surface area (Å²) in [5, 5.41) is 8.34. The smallest absolute Gasteiger partial charge is 0.275 e. The van der Waals surface area contributed by atoms with Crippen LogP contribution < -0.4 is 20.1 Å². The van der Waals surface area contributed by atoms with Gasteiger partial charge in [0.15, 0.2) is 5.13 Å². The van der Waals surface area contributed by atoms with Crippen LogP contribution in [-0.2, 0) is 0 Å². The second-order valence-electron chi connectivity index (χ2n) is 5.41. The zero-order chi connectivity index (χ0) is 19.2. The zero-order valence-electron chi connectivity index (χ0n) is 15.1. The van der Waals surface area contributed by atoms with Gasteiger partial charge >= 0.3 is 0 Å². The molecule has 3 rings (SSSR count). The van der Waals surface area contributed by atoms with Crippen LogP contribution in [0.5, 0.6) is 11.5 Å². The van der Waals surface area contributed by atoms with Crippen molar-refractivity contribution in [3.63, 3.8) is 0 Å². The third-order valence-corrected chi connectivity index (χ3v) is 5.24. The minimum atomic E-state index is -0.252. The number of carbonyl (C=O) groups excluding carboxylic acids is 1. The van der Waals surface area contributed by atoms with Gasteiger partial charge < -0.3 is 20.1 Å². The molecule has 27 heavy (non-hydrogen) atoms. The van der Waals surface area contributed by atoms with Crippen LogP contribution in [-0.4, -0.2) is 31.4 Å². The van der Waals surface area contributed by atoms with Crippen molar-refractivity contribution in [3.8, 4) is 11.5 Å². The monoisotopic (exact) mass is 401 g/mol. The molecule has 1 amide bonds. The van der Waals surface area contributed by atoms with Crippen molar-refractivity contribution in [1.29, 1.82) is 0 Å². The Morgan fingerprint density at radius 3 is 2.56 bits per heavy atom. The number of nitrogens with one attached hydrogen (secondary N) is 2. The molecule has 0 fully saturated rings. The number of methoxy groups -OCH3 is 2. The minimum absolute atomic E-state index is 0.252. The van der Waals surface area contributed by atoms with Crippen molar-refractivity contribution < 1.29 is 14.3 Å². The van der Waals surface area contributed by atoms with Crippen LogP contribution in [0.25, 0.3) is 0 Å². The number of thioether (sulfide) groups is 1. The number of anilines is 3. The number of ether oxygens (including phenoxy) is 2. The van der Waals surface area contributed by atoms with Gasteiger partial charge in [0.2, 0.25) is 0 Å². The van der Waals surface area contributed by atoms with Crippen molar-refractivity contribution in [1.82, 2.24) is 4.98 Å². The maximum Gasteiger partial charge on any atom is 0.275 e. The normalized spacial score (nSPS) is 10.3. The molecule has 3 aromatic rings. The summed E-state index contributed by atoms with van der Waals surface area (Å²) in [6.45, 7) is 0.